The van der Waals surface area contributed by atoms with Gasteiger partial charge in [-0.05, 0) is 19.1 Å². The molecule has 1 aliphatic heterocycles. The quantitative estimate of drug-likeness (QED) is 0.797. The molecule has 4 nitrogen and oxygen atoms in total. The number of nitrogens with zero attached hydrogens (tertiary/aromatic N) is 1. The van der Waals surface area contributed by atoms with Crippen molar-refractivity contribution in [2.45, 2.75) is 13.0 Å². The van der Waals surface area contributed by atoms with Gasteiger partial charge in [0.05, 0.1) is 11.3 Å². The number of anilines is 1. The number of carbonyl (C=O) groups excluding carboxylic acids is 1. The van der Waals surface area contributed by atoms with Crippen molar-refractivity contribution in [3.8, 4) is 0 Å². The van der Waals surface area contributed by atoms with Crippen molar-refractivity contribution >= 4 is 11.6 Å². The minimum atomic E-state index is -0.718. The van der Waals surface area contributed by atoms with Gasteiger partial charge in [0.25, 0.3) is 5.91 Å². The topological polar surface area (TPSA) is 58.4 Å². The maximum Gasteiger partial charge on any atom is 0.253 e. The van der Waals surface area contributed by atoms with E-state index in [1.165, 1.54) is 6.07 Å². The maximum absolute atomic E-state index is 13.6. The van der Waals surface area contributed by atoms with Gasteiger partial charge in [-0.1, -0.05) is 6.07 Å². The van der Waals surface area contributed by atoms with Crippen molar-refractivity contribution in [3.05, 3.63) is 29.6 Å². The highest BCUT2D eigenvalue weighted by atomic mass is 19.1. The third-order valence-electron chi connectivity index (χ3n) is 2.95. The average Bonchev–Trinajstić information content (AvgIpc) is 2.28. The van der Waals surface area contributed by atoms with E-state index in [1.807, 2.05) is 4.90 Å². The largest absolute Gasteiger partial charge is 0.368 e. The first-order chi connectivity index (χ1) is 8.09. The van der Waals surface area contributed by atoms with Crippen LogP contribution in [0.5, 0.6) is 0 Å². The molecule has 1 heterocycles. The summed E-state index contributed by atoms with van der Waals surface area (Å²) in [5.74, 6) is -1.27. The van der Waals surface area contributed by atoms with E-state index in [1.54, 1.807) is 12.1 Å². The van der Waals surface area contributed by atoms with E-state index in [9.17, 15) is 9.18 Å². The van der Waals surface area contributed by atoms with Crippen LogP contribution in [-0.4, -0.2) is 31.6 Å². The van der Waals surface area contributed by atoms with Crippen molar-refractivity contribution in [1.82, 2.24) is 5.32 Å². The predicted molar refractivity (Wildman–Crippen MR) is 64.6 cm³/mol. The fourth-order valence-electron chi connectivity index (χ4n) is 2.17. The Bertz CT molecular complexity index is 436. The van der Waals surface area contributed by atoms with Gasteiger partial charge in [-0.2, -0.15) is 0 Å². The first kappa shape index (κ1) is 11.9. The van der Waals surface area contributed by atoms with Crippen LogP contribution in [0.4, 0.5) is 10.1 Å². The minimum absolute atomic E-state index is 0.0124. The molecule has 0 saturated carbocycles. The summed E-state index contributed by atoms with van der Waals surface area (Å²) in [5, 5.41) is 3.29. The minimum Gasteiger partial charge on any atom is -0.368 e. The molecular weight excluding hydrogens is 221 g/mol. The maximum atomic E-state index is 13.6. The third-order valence-corrected chi connectivity index (χ3v) is 2.95. The molecule has 1 aromatic rings. The van der Waals surface area contributed by atoms with Gasteiger partial charge in [-0.3, -0.25) is 4.79 Å². The number of nitrogens with two attached hydrogens (primary N) is 1. The number of halogens is 1. The highest BCUT2D eigenvalue weighted by molar-refractivity contribution is 5.99. The van der Waals surface area contributed by atoms with E-state index in [0.717, 1.165) is 19.6 Å². The molecule has 2 rings (SSSR count). The molecule has 3 N–H and O–H groups in total. The molecule has 5 heteroatoms. The van der Waals surface area contributed by atoms with Crippen LogP contribution in [0.25, 0.3) is 0 Å². The van der Waals surface area contributed by atoms with Crippen molar-refractivity contribution in [2.24, 2.45) is 5.73 Å². The smallest absolute Gasteiger partial charge is 0.253 e. The molecule has 1 aliphatic rings. The summed E-state index contributed by atoms with van der Waals surface area (Å²) < 4.78 is 13.6. The summed E-state index contributed by atoms with van der Waals surface area (Å²) in [6, 6.07) is 4.91. The van der Waals surface area contributed by atoms with E-state index < -0.39 is 11.7 Å². The summed E-state index contributed by atoms with van der Waals surface area (Å²) in [7, 11) is 0. The summed E-state index contributed by atoms with van der Waals surface area (Å²) in [6.07, 6.45) is 0. The second-order valence-electron chi connectivity index (χ2n) is 4.30. The lowest BCUT2D eigenvalue weighted by molar-refractivity contribution is 0.0997. The second-order valence-corrected chi connectivity index (χ2v) is 4.30. The monoisotopic (exact) mass is 237 g/mol. The molecule has 0 radical (unpaired) electrons. The van der Waals surface area contributed by atoms with Crippen molar-refractivity contribution in [1.29, 1.82) is 0 Å². The van der Waals surface area contributed by atoms with Crippen molar-refractivity contribution < 1.29 is 9.18 Å². The zero-order valence-corrected chi connectivity index (χ0v) is 9.74. The lowest BCUT2D eigenvalue weighted by Gasteiger charge is -2.34. The first-order valence-electron chi connectivity index (χ1n) is 5.66. The Kier molecular flexibility index (Phi) is 3.28. The Morgan fingerprint density at radius 2 is 2.35 bits per heavy atom. The molecule has 1 aromatic carbocycles. The SMILES string of the molecule is C[C@@H]1CN(c2cccc(F)c2C(N)=O)CCN1. The van der Waals surface area contributed by atoms with Gasteiger partial charge < -0.3 is 16.0 Å². The zero-order chi connectivity index (χ0) is 12.4. The molecule has 1 saturated heterocycles. The van der Waals surface area contributed by atoms with Gasteiger partial charge >= 0.3 is 0 Å². The first-order valence-corrected chi connectivity index (χ1v) is 5.66. The molecular formula is C12H16FN3O. The number of benzene rings is 1. The molecule has 17 heavy (non-hydrogen) atoms. The second kappa shape index (κ2) is 4.71. The van der Waals surface area contributed by atoms with Crippen LogP contribution >= 0.6 is 0 Å². The standard InChI is InChI=1S/C12H16FN3O/c1-8-7-16(6-5-15-8)10-4-2-3-9(13)11(10)12(14)17/h2-4,8,15H,5-7H2,1H3,(H2,14,17)/t8-/m1/s1. The number of nitrogens with one attached hydrogen (secondary N) is 1. The van der Waals surface area contributed by atoms with Gasteiger partial charge in [0.15, 0.2) is 0 Å². The Morgan fingerprint density at radius 1 is 1.59 bits per heavy atom. The number of hydrogen-bond donors (Lipinski definition) is 2. The van der Waals surface area contributed by atoms with Crippen LogP contribution < -0.4 is 16.0 Å². The van der Waals surface area contributed by atoms with Crippen LogP contribution in [-0.2, 0) is 0 Å². The van der Waals surface area contributed by atoms with E-state index in [2.05, 4.69) is 12.2 Å². The number of carbonyl (C=O) groups is 1. The average molecular weight is 237 g/mol. The third kappa shape index (κ3) is 2.39. The summed E-state index contributed by atoms with van der Waals surface area (Å²) in [4.78, 5) is 13.3. The lowest BCUT2D eigenvalue weighted by Crippen LogP contribution is -2.49. The number of primary amides is 1. The Hall–Kier alpha value is -1.62. The van der Waals surface area contributed by atoms with Gasteiger partial charge in [0, 0.05) is 25.7 Å². The molecule has 0 bridgehead atoms. The molecule has 1 amide bonds. The molecule has 1 atom stereocenters. The molecule has 0 spiro atoms. The molecule has 1 fully saturated rings. The normalized spacial score (nSPS) is 20.4. The number of rotatable bonds is 2. The number of amides is 1. The predicted octanol–water partition coefficient (Wildman–Crippen LogP) is 0.723. The van der Waals surface area contributed by atoms with E-state index in [4.69, 9.17) is 5.73 Å². The van der Waals surface area contributed by atoms with Crippen LogP contribution in [0.1, 0.15) is 17.3 Å². The number of hydrogen-bond acceptors (Lipinski definition) is 3. The number of piperazine rings is 1. The lowest BCUT2D eigenvalue weighted by atomic mass is 10.1. The fourth-order valence-corrected chi connectivity index (χ4v) is 2.17. The molecule has 0 unspecified atom stereocenters. The van der Waals surface area contributed by atoms with Crippen LogP contribution in [0, 0.1) is 5.82 Å². The molecule has 92 valence electrons. The van der Waals surface area contributed by atoms with Crippen molar-refractivity contribution in [3.63, 3.8) is 0 Å². The van der Waals surface area contributed by atoms with Crippen LogP contribution in [0.15, 0.2) is 18.2 Å². The van der Waals surface area contributed by atoms with E-state index in [0.29, 0.717) is 11.7 Å². The van der Waals surface area contributed by atoms with E-state index >= 15 is 0 Å². The Balaban J connectivity index is 2.37. The van der Waals surface area contributed by atoms with Gasteiger partial charge in [-0.25, -0.2) is 4.39 Å². The summed E-state index contributed by atoms with van der Waals surface area (Å²) >= 11 is 0. The summed E-state index contributed by atoms with van der Waals surface area (Å²) in [6.45, 7) is 4.35. The van der Waals surface area contributed by atoms with Crippen LogP contribution in [0.2, 0.25) is 0 Å². The Labute approximate surface area is 99.6 Å². The highest BCUT2D eigenvalue weighted by Crippen LogP contribution is 2.23. The van der Waals surface area contributed by atoms with Crippen molar-refractivity contribution in [2.75, 3.05) is 24.5 Å². The van der Waals surface area contributed by atoms with Gasteiger partial charge in [0.1, 0.15) is 5.82 Å². The highest BCUT2D eigenvalue weighted by Gasteiger charge is 2.22. The summed E-state index contributed by atoms with van der Waals surface area (Å²) in [5.41, 5.74) is 5.81. The van der Waals surface area contributed by atoms with Gasteiger partial charge in [0.2, 0.25) is 0 Å². The zero-order valence-electron chi connectivity index (χ0n) is 9.74. The van der Waals surface area contributed by atoms with Gasteiger partial charge in [-0.15, -0.1) is 0 Å². The van der Waals surface area contributed by atoms with Crippen LogP contribution in [0.3, 0.4) is 0 Å². The van der Waals surface area contributed by atoms with E-state index in [-0.39, 0.29) is 5.56 Å². The Morgan fingerprint density at radius 3 is 3.00 bits per heavy atom. The molecule has 0 aliphatic carbocycles. The molecule has 0 aromatic heterocycles. The fraction of sp³-hybridized carbons (Fsp3) is 0.417.